The number of rotatable bonds is 5. The van der Waals surface area contributed by atoms with E-state index in [9.17, 15) is 0 Å². The third-order valence-corrected chi connectivity index (χ3v) is 17.0. The maximum Gasteiger partial charge on any atom is 0.264 e. The van der Waals surface area contributed by atoms with E-state index in [2.05, 4.69) is 256 Å². The van der Waals surface area contributed by atoms with Gasteiger partial charge in [0.2, 0.25) is 0 Å². The Morgan fingerprint density at radius 1 is 0.478 bits per heavy atom. The third-order valence-electron chi connectivity index (χ3n) is 15.8. The molecule has 348 valence electrons. The smallest absolute Gasteiger partial charge is 0.264 e. The molecule has 69 heavy (non-hydrogen) atoms. The van der Waals surface area contributed by atoms with Crippen molar-refractivity contribution in [2.24, 2.45) is 0 Å². The SMILES string of the molecule is CC(C)(C)c1ccc(N2c3cc(C(C)(C)C)ccc3B3c4sc5cc6c(cc5c4N(c4ccc(C(C)(C)C)cc4)c4cc(N(c5ccccc5)c5ccccc5)cc2c43)C(C)(C)CCC6(C)C)cc1. The number of thiophene rings is 1. The average molecular weight is 922 g/mol. The molecule has 1 aliphatic carbocycles. The van der Waals surface area contributed by atoms with Crippen LogP contribution in [-0.2, 0) is 27.1 Å². The fourth-order valence-electron chi connectivity index (χ4n) is 11.5. The molecule has 2 aliphatic heterocycles. The normalized spacial score (nSPS) is 15.9. The predicted molar refractivity (Wildman–Crippen MR) is 302 cm³/mol. The van der Waals surface area contributed by atoms with E-state index in [0.29, 0.717) is 0 Å². The number of nitrogens with zero attached hydrogens (tertiary/aromatic N) is 3. The predicted octanol–water partition coefficient (Wildman–Crippen LogP) is 16.7. The summed E-state index contributed by atoms with van der Waals surface area (Å²) in [5.74, 6) is 0. The lowest BCUT2D eigenvalue weighted by Gasteiger charge is -2.44. The van der Waals surface area contributed by atoms with E-state index in [4.69, 9.17) is 0 Å². The number of hydrogen-bond acceptors (Lipinski definition) is 4. The third kappa shape index (κ3) is 7.53. The molecule has 1 aromatic heterocycles. The van der Waals surface area contributed by atoms with E-state index >= 15 is 0 Å². The van der Waals surface area contributed by atoms with Crippen LogP contribution in [0.25, 0.3) is 10.1 Å². The highest BCUT2D eigenvalue weighted by atomic mass is 32.1. The first kappa shape index (κ1) is 45.4. The molecule has 3 heterocycles. The lowest BCUT2D eigenvalue weighted by atomic mass is 9.36. The van der Waals surface area contributed by atoms with Gasteiger partial charge in [-0.1, -0.05) is 163 Å². The summed E-state index contributed by atoms with van der Waals surface area (Å²) in [6.07, 6.45) is 2.36. The molecule has 0 atom stereocenters. The van der Waals surface area contributed by atoms with Gasteiger partial charge < -0.3 is 14.7 Å². The van der Waals surface area contributed by atoms with Gasteiger partial charge in [0, 0.05) is 54.7 Å². The molecular weight excluding hydrogens is 854 g/mol. The lowest BCUT2D eigenvalue weighted by Crippen LogP contribution is -2.60. The van der Waals surface area contributed by atoms with Crippen LogP contribution >= 0.6 is 11.3 Å². The molecule has 8 aromatic rings. The van der Waals surface area contributed by atoms with Crippen LogP contribution in [-0.4, -0.2) is 6.71 Å². The largest absolute Gasteiger partial charge is 0.311 e. The van der Waals surface area contributed by atoms with E-state index in [1.807, 2.05) is 11.3 Å². The van der Waals surface area contributed by atoms with Crippen LogP contribution in [0.2, 0.25) is 0 Å². The molecule has 7 aromatic carbocycles. The highest BCUT2D eigenvalue weighted by Gasteiger charge is 2.47. The van der Waals surface area contributed by atoms with Crippen molar-refractivity contribution in [3.63, 3.8) is 0 Å². The van der Waals surface area contributed by atoms with E-state index in [0.717, 1.165) is 17.1 Å². The Balaban J connectivity index is 1.30. The summed E-state index contributed by atoms with van der Waals surface area (Å²) in [6.45, 7) is 30.8. The van der Waals surface area contributed by atoms with E-state index in [1.54, 1.807) is 0 Å². The first-order valence-electron chi connectivity index (χ1n) is 25.3. The average Bonchev–Trinajstić information content (AvgIpc) is 3.68. The standard InChI is InChI=1S/C64H68BN3S/c1-60(2,3)41-24-29-46(30-25-41)67-53-36-43(62(7,8)9)28-33-52(53)65-57-54(67)37-48(66(44-20-16-14-17-21-44)45-22-18-15-19-23-45)38-55(57)68(47-31-26-42(27-32-47)61(4,5)6)58-49-39-50-51(40-56(49)69-59(58)65)64(12,13)35-34-63(50,10)11/h14-33,36-40H,34-35H2,1-13H3. The number of para-hydroxylation sites is 2. The summed E-state index contributed by atoms with van der Waals surface area (Å²) >= 11 is 2.03. The summed E-state index contributed by atoms with van der Waals surface area (Å²) in [7, 11) is 0. The molecule has 0 bridgehead atoms. The zero-order valence-electron chi connectivity index (χ0n) is 43.2. The Labute approximate surface area is 416 Å². The van der Waals surface area contributed by atoms with Gasteiger partial charge in [-0.25, -0.2) is 0 Å². The van der Waals surface area contributed by atoms with Crippen LogP contribution < -0.4 is 30.4 Å². The topological polar surface area (TPSA) is 9.72 Å². The molecule has 5 heteroatoms. The molecule has 0 N–H and O–H groups in total. The van der Waals surface area contributed by atoms with Crippen LogP contribution in [0, 0.1) is 0 Å². The van der Waals surface area contributed by atoms with Crippen LogP contribution in [0.5, 0.6) is 0 Å². The monoisotopic (exact) mass is 922 g/mol. The number of hydrogen-bond donors (Lipinski definition) is 0. The van der Waals surface area contributed by atoms with Gasteiger partial charge in [-0.2, -0.15) is 0 Å². The number of anilines is 9. The Kier molecular flexibility index (Phi) is 10.4. The summed E-state index contributed by atoms with van der Waals surface area (Å²) < 4.78 is 2.79. The number of benzene rings is 7. The minimum absolute atomic E-state index is 0.00983. The molecule has 0 spiro atoms. The van der Waals surface area contributed by atoms with Crippen molar-refractivity contribution in [3.05, 3.63) is 179 Å². The van der Waals surface area contributed by atoms with Gasteiger partial charge >= 0.3 is 0 Å². The van der Waals surface area contributed by atoms with Gasteiger partial charge in [-0.3, -0.25) is 0 Å². The summed E-state index contributed by atoms with van der Waals surface area (Å²) in [5, 5.41) is 1.35. The summed E-state index contributed by atoms with van der Waals surface area (Å²) in [4.78, 5) is 7.72. The molecule has 0 unspecified atom stereocenters. The molecule has 11 rings (SSSR count). The molecule has 0 amide bonds. The van der Waals surface area contributed by atoms with Gasteiger partial charge in [0.25, 0.3) is 6.71 Å². The fourth-order valence-corrected chi connectivity index (χ4v) is 12.8. The van der Waals surface area contributed by atoms with Crippen LogP contribution in [0.1, 0.15) is 131 Å². The summed E-state index contributed by atoms with van der Waals surface area (Å²) in [5.41, 5.74) is 20.6. The zero-order chi connectivity index (χ0) is 48.6. The first-order chi connectivity index (χ1) is 32.6. The maximum atomic E-state index is 2.66. The van der Waals surface area contributed by atoms with Crippen molar-refractivity contribution in [1.29, 1.82) is 0 Å². The highest BCUT2D eigenvalue weighted by Crippen LogP contribution is 2.54. The Morgan fingerprint density at radius 2 is 0.942 bits per heavy atom. The molecule has 3 aliphatic rings. The summed E-state index contributed by atoms with van der Waals surface area (Å²) in [6, 6.07) is 58.5. The van der Waals surface area contributed by atoms with Gasteiger partial charge in [-0.15, -0.1) is 11.3 Å². The highest BCUT2D eigenvalue weighted by molar-refractivity contribution is 7.33. The quantitative estimate of drug-likeness (QED) is 0.159. The van der Waals surface area contributed by atoms with Crippen LogP contribution in [0.3, 0.4) is 0 Å². The van der Waals surface area contributed by atoms with Crippen LogP contribution in [0.15, 0.2) is 152 Å². The van der Waals surface area contributed by atoms with Gasteiger partial charge in [-0.05, 0) is 158 Å². The molecule has 3 nitrogen and oxygen atoms in total. The molecule has 0 fully saturated rings. The Hall–Kier alpha value is -6.04. The second-order valence-corrected chi connectivity index (χ2v) is 25.7. The molecule has 0 saturated heterocycles. The van der Waals surface area contributed by atoms with Crippen molar-refractivity contribution in [3.8, 4) is 0 Å². The van der Waals surface area contributed by atoms with Crippen molar-refractivity contribution in [1.82, 2.24) is 0 Å². The maximum absolute atomic E-state index is 2.66. The van der Waals surface area contributed by atoms with E-state index in [1.165, 1.54) is 101 Å². The van der Waals surface area contributed by atoms with Crippen molar-refractivity contribution in [2.45, 2.75) is 130 Å². The second kappa shape index (κ2) is 15.7. The van der Waals surface area contributed by atoms with Crippen molar-refractivity contribution in [2.75, 3.05) is 14.7 Å². The Morgan fingerprint density at radius 3 is 1.45 bits per heavy atom. The Bertz CT molecular complexity index is 3230. The van der Waals surface area contributed by atoms with Gasteiger partial charge in [0.1, 0.15) is 0 Å². The fraction of sp³-hybridized carbons (Fsp3) is 0.312. The molecule has 0 radical (unpaired) electrons. The number of fused-ring (bicyclic) bond motifs is 7. The van der Waals surface area contributed by atoms with Gasteiger partial charge in [0.15, 0.2) is 0 Å². The minimum Gasteiger partial charge on any atom is -0.311 e. The van der Waals surface area contributed by atoms with Gasteiger partial charge in [0.05, 0.1) is 11.4 Å². The lowest BCUT2D eigenvalue weighted by molar-refractivity contribution is 0.332. The minimum atomic E-state index is -0.0501. The second-order valence-electron chi connectivity index (χ2n) is 24.6. The first-order valence-corrected chi connectivity index (χ1v) is 26.1. The zero-order valence-corrected chi connectivity index (χ0v) is 44.0. The molecule has 0 saturated carbocycles. The van der Waals surface area contributed by atoms with Crippen LogP contribution in [0.4, 0.5) is 51.2 Å². The molecular formula is C64H68BN3S. The van der Waals surface area contributed by atoms with E-state index in [-0.39, 0.29) is 33.8 Å². The van der Waals surface area contributed by atoms with Crippen molar-refractivity contribution < 1.29 is 0 Å². The van der Waals surface area contributed by atoms with E-state index < -0.39 is 0 Å². The van der Waals surface area contributed by atoms with Crippen molar-refractivity contribution >= 4 is 95.0 Å².